The van der Waals surface area contributed by atoms with Crippen molar-refractivity contribution in [2.45, 2.75) is 59.0 Å². The molecule has 1 amide bonds. The predicted molar refractivity (Wildman–Crippen MR) is 59.9 cm³/mol. The van der Waals surface area contributed by atoms with Crippen LogP contribution in [0, 0.1) is 5.92 Å². The Kier molecular flexibility index (Phi) is 5.13. The SMILES string of the molecule is CCC(NC(=O)C(C)(N)CC)C(C)C. The van der Waals surface area contributed by atoms with Crippen LogP contribution in [-0.4, -0.2) is 17.5 Å². The molecule has 14 heavy (non-hydrogen) atoms. The zero-order chi connectivity index (χ0) is 11.4. The molecule has 0 aromatic rings. The van der Waals surface area contributed by atoms with Crippen molar-refractivity contribution in [2.24, 2.45) is 11.7 Å². The van der Waals surface area contributed by atoms with E-state index in [2.05, 4.69) is 26.1 Å². The van der Waals surface area contributed by atoms with Gasteiger partial charge in [0.05, 0.1) is 5.54 Å². The lowest BCUT2D eigenvalue weighted by molar-refractivity contribution is -0.127. The summed E-state index contributed by atoms with van der Waals surface area (Å²) in [4.78, 5) is 11.7. The highest BCUT2D eigenvalue weighted by Gasteiger charge is 2.28. The summed E-state index contributed by atoms with van der Waals surface area (Å²) in [7, 11) is 0. The number of nitrogens with one attached hydrogen (secondary N) is 1. The van der Waals surface area contributed by atoms with Gasteiger partial charge in [0.1, 0.15) is 0 Å². The molecular weight excluding hydrogens is 176 g/mol. The lowest BCUT2D eigenvalue weighted by Crippen LogP contribution is -2.54. The quantitative estimate of drug-likeness (QED) is 0.709. The second-order valence-electron chi connectivity index (χ2n) is 4.50. The molecule has 3 heteroatoms. The van der Waals surface area contributed by atoms with Crippen LogP contribution in [-0.2, 0) is 4.79 Å². The molecule has 0 saturated heterocycles. The Morgan fingerprint density at radius 3 is 2.21 bits per heavy atom. The molecule has 3 nitrogen and oxygen atoms in total. The number of nitrogens with two attached hydrogens (primary N) is 1. The van der Waals surface area contributed by atoms with Crippen molar-refractivity contribution in [1.29, 1.82) is 0 Å². The van der Waals surface area contributed by atoms with Gasteiger partial charge in [0.25, 0.3) is 0 Å². The summed E-state index contributed by atoms with van der Waals surface area (Å²) in [5.41, 5.74) is 5.12. The summed E-state index contributed by atoms with van der Waals surface area (Å²) in [6.07, 6.45) is 1.61. The Hall–Kier alpha value is -0.570. The predicted octanol–water partition coefficient (Wildman–Crippen LogP) is 1.66. The molecule has 0 bridgehead atoms. The van der Waals surface area contributed by atoms with Gasteiger partial charge >= 0.3 is 0 Å². The van der Waals surface area contributed by atoms with Gasteiger partial charge in [0.2, 0.25) is 5.91 Å². The van der Waals surface area contributed by atoms with Crippen molar-refractivity contribution in [3.63, 3.8) is 0 Å². The second-order valence-corrected chi connectivity index (χ2v) is 4.50. The first-order valence-corrected chi connectivity index (χ1v) is 5.45. The van der Waals surface area contributed by atoms with Gasteiger partial charge in [-0.2, -0.15) is 0 Å². The smallest absolute Gasteiger partial charge is 0.240 e. The van der Waals surface area contributed by atoms with Crippen molar-refractivity contribution < 1.29 is 4.79 Å². The van der Waals surface area contributed by atoms with Crippen LogP contribution in [0.25, 0.3) is 0 Å². The number of hydrogen-bond donors (Lipinski definition) is 2. The number of carbonyl (C=O) groups is 1. The van der Waals surface area contributed by atoms with E-state index in [1.165, 1.54) is 0 Å². The zero-order valence-electron chi connectivity index (χ0n) is 10.1. The van der Waals surface area contributed by atoms with Gasteiger partial charge in [-0.25, -0.2) is 0 Å². The average molecular weight is 200 g/mol. The topological polar surface area (TPSA) is 55.1 Å². The monoisotopic (exact) mass is 200 g/mol. The van der Waals surface area contributed by atoms with Gasteiger partial charge in [0.15, 0.2) is 0 Å². The third-order valence-corrected chi connectivity index (χ3v) is 2.81. The van der Waals surface area contributed by atoms with Gasteiger partial charge in [0, 0.05) is 6.04 Å². The molecule has 0 aliphatic carbocycles. The number of carbonyl (C=O) groups excluding carboxylic acids is 1. The normalized spacial score (nSPS) is 17.6. The highest BCUT2D eigenvalue weighted by atomic mass is 16.2. The van der Waals surface area contributed by atoms with Gasteiger partial charge in [-0.05, 0) is 25.7 Å². The van der Waals surface area contributed by atoms with E-state index in [9.17, 15) is 4.79 Å². The Bertz CT molecular complexity index is 188. The standard InChI is InChI=1S/C11H24N2O/c1-6-9(8(3)4)13-10(14)11(5,12)7-2/h8-9H,6-7,12H2,1-5H3,(H,13,14). The summed E-state index contributed by atoms with van der Waals surface area (Å²) in [5.74, 6) is 0.414. The van der Waals surface area contributed by atoms with Crippen LogP contribution in [0.1, 0.15) is 47.5 Å². The van der Waals surface area contributed by atoms with E-state index in [1.54, 1.807) is 6.92 Å². The molecule has 3 N–H and O–H groups in total. The molecule has 0 radical (unpaired) electrons. The Balaban J connectivity index is 4.30. The maximum absolute atomic E-state index is 11.7. The van der Waals surface area contributed by atoms with E-state index < -0.39 is 5.54 Å². The average Bonchev–Trinajstić information content (AvgIpc) is 2.12. The molecule has 0 aromatic carbocycles. The molecule has 0 rings (SSSR count). The molecule has 0 aromatic heterocycles. The highest BCUT2D eigenvalue weighted by Crippen LogP contribution is 2.09. The molecule has 0 aliphatic heterocycles. The van der Waals surface area contributed by atoms with Crippen LogP contribution in [0.2, 0.25) is 0 Å². The van der Waals surface area contributed by atoms with Gasteiger partial charge in [-0.15, -0.1) is 0 Å². The third-order valence-electron chi connectivity index (χ3n) is 2.81. The Morgan fingerprint density at radius 2 is 1.93 bits per heavy atom. The van der Waals surface area contributed by atoms with Crippen LogP contribution in [0.4, 0.5) is 0 Å². The van der Waals surface area contributed by atoms with Crippen LogP contribution in [0.15, 0.2) is 0 Å². The lowest BCUT2D eigenvalue weighted by Gasteiger charge is -2.27. The highest BCUT2D eigenvalue weighted by molar-refractivity contribution is 5.85. The zero-order valence-corrected chi connectivity index (χ0v) is 10.1. The first-order valence-electron chi connectivity index (χ1n) is 5.45. The van der Waals surface area contributed by atoms with Crippen molar-refractivity contribution in [1.82, 2.24) is 5.32 Å². The fourth-order valence-electron chi connectivity index (χ4n) is 1.23. The van der Waals surface area contributed by atoms with E-state index in [4.69, 9.17) is 5.73 Å². The van der Waals surface area contributed by atoms with Crippen molar-refractivity contribution in [3.05, 3.63) is 0 Å². The van der Waals surface area contributed by atoms with Gasteiger partial charge in [-0.3, -0.25) is 4.79 Å². The molecular formula is C11H24N2O. The molecule has 2 atom stereocenters. The Morgan fingerprint density at radius 1 is 1.43 bits per heavy atom. The molecule has 84 valence electrons. The van der Waals surface area contributed by atoms with Crippen molar-refractivity contribution in [2.75, 3.05) is 0 Å². The number of amides is 1. The molecule has 0 fully saturated rings. The largest absolute Gasteiger partial charge is 0.352 e. The van der Waals surface area contributed by atoms with E-state index in [-0.39, 0.29) is 11.9 Å². The van der Waals surface area contributed by atoms with E-state index in [0.29, 0.717) is 12.3 Å². The van der Waals surface area contributed by atoms with Crippen LogP contribution >= 0.6 is 0 Å². The minimum atomic E-state index is -0.734. The molecule has 0 heterocycles. The van der Waals surface area contributed by atoms with Crippen LogP contribution < -0.4 is 11.1 Å². The Labute approximate surface area is 87.4 Å². The number of hydrogen-bond acceptors (Lipinski definition) is 2. The van der Waals surface area contributed by atoms with Crippen LogP contribution in [0.5, 0.6) is 0 Å². The van der Waals surface area contributed by atoms with Gasteiger partial charge in [-0.1, -0.05) is 27.7 Å². The van der Waals surface area contributed by atoms with Crippen molar-refractivity contribution >= 4 is 5.91 Å². The molecule has 0 spiro atoms. The maximum atomic E-state index is 11.7. The first-order chi connectivity index (χ1) is 6.35. The number of rotatable bonds is 5. The fraction of sp³-hybridized carbons (Fsp3) is 0.909. The fourth-order valence-corrected chi connectivity index (χ4v) is 1.23. The van der Waals surface area contributed by atoms with Gasteiger partial charge < -0.3 is 11.1 Å². The first kappa shape index (κ1) is 13.4. The minimum absolute atomic E-state index is 0.0412. The summed E-state index contributed by atoms with van der Waals surface area (Å²) in [5, 5.41) is 2.99. The third kappa shape index (κ3) is 3.66. The summed E-state index contributed by atoms with van der Waals surface area (Å²) in [6, 6.07) is 0.233. The van der Waals surface area contributed by atoms with E-state index >= 15 is 0 Å². The van der Waals surface area contributed by atoms with Crippen molar-refractivity contribution in [3.8, 4) is 0 Å². The summed E-state index contributed by atoms with van der Waals surface area (Å²) >= 11 is 0. The maximum Gasteiger partial charge on any atom is 0.240 e. The van der Waals surface area contributed by atoms with E-state index in [0.717, 1.165) is 6.42 Å². The lowest BCUT2D eigenvalue weighted by atomic mass is 9.96. The minimum Gasteiger partial charge on any atom is -0.352 e. The second kappa shape index (κ2) is 5.35. The molecule has 0 saturated carbocycles. The summed E-state index contributed by atoms with van der Waals surface area (Å²) < 4.78 is 0. The van der Waals surface area contributed by atoms with E-state index in [1.807, 2.05) is 6.92 Å². The molecule has 0 aliphatic rings. The molecule has 2 unspecified atom stereocenters. The van der Waals surface area contributed by atoms with Crippen LogP contribution in [0.3, 0.4) is 0 Å². The summed E-state index contributed by atoms with van der Waals surface area (Å²) in [6.45, 7) is 9.98.